The van der Waals surface area contributed by atoms with E-state index in [1.54, 1.807) is 0 Å². The number of ether oxygens (including phenoxy) is 1. The van der Waals surface area contributed by atoms with Gasteiger partial charge in [0.15, 0.2) is 5.78 Å². The van der Waals surface area contributed by atoms with Gasteiger partial charge in [0.05, 0.1) is 11.5 Å². The van der Waals surface area contributed by atoms with Crippen LogP contribution in [-0.2, 0) is 4.79 Å². The van der Waals surface area contributed by atoms with Gasteiger partial charge in [-0.05, 0) is 50.8 Å². The minimum atomic E-state index is -0.363. The largest absolute Gasteiger partial charge is 0.490 e. The molecule has 1 aromatic carbocycles. The van der Waals surface area contributed by atoms with Crippen molar-refractivity contribution in [3.05, 3.63) is 35.4 Å². The number of ketones is 1. The normalized spacial score (nSPS) is 22.0. The molecule has 1 aliphatic carbocycles. The number of alkyl halides is 1. The zero-order valence-corrected chi connectivity index (χ0v) is 12.1. The molecule has 0 heterocycles. The molecule has 2 rings (SSSR count). The maximum atomic E-state index is 12.0. The molecule has 0 bridgehead atoms. The first-order chi connectivity index (χ1) is 9.08. The third kappa shape index (κ3) is 3.60. The molecule has 0 spiro atoms. The third-order valence-electron chi connectivity index (χ3n) is 3.12. The summed E-state index contributed by atoms with van der Waals surface area (Å²) in [5.74, 6) is 0.877. The standard InChI is InChI=1S/C16H19ClO2/c1-11(2)19-15-9-4-3-6-12(15)10-13-7-5-8-14(17)16(13)18/h3-4,6,9-11,14H,5,7-8H2,1-2H3. The quantitative estimate of drug-likeness (QED) is 0.611. The Labute approximate surface area is 119 Å². The Balaban J connectivity index is 2.29. The number of carbonyl (C=O) groups excluding carboxylic acids is 1. The Morgan fingerprint density at radius 3 is 2.84 bits per heavy atom. The van der Waals surface area contributed by atoms with Crippen LogP contribution < -0.4 is 4.74 Å². The number of Topliss-reactive ketones (excluding diaryl/α,β-unsaturated/α-hetero) is 1. The topological polar surface area (TPSA) is 26.3 Å². The Morgan fingerprint density at radius 1 is 1.37 bits per heavy atom. The molecule has 0 amide bonds. The van der Waals surface area contributed by atoms with Gasteiger partial charge in [-0.3, -0.25) is 4.79 Å². The Morgan fingerprint density at radius 2 is 2.11 bits per heavy atom. The van der Waals surface area contributed by atoms with E-state index in [0.29, 0.717) is 0 Å². The number of hydrogen-bond acceptors (Lipinski definition) is 2. The first kappa shape index (κ1) is 14.1. The molecular formula is C16H19ClO2. The number of rotatable bonds is 3. The minimum Gasteiger partial charge on any atom is -0.490 e. The molecule has 1 atom stereocenters. The Kier molecular flexibility index (Phi) is 4.65. The molecule has 1 unspecified atom stereocenters. The van der Waals surface area contributed by atoms with Crippen LogP contribution in [0.2, 0.25) is 0 Å². The molecule has 1 aliphatic rings. The lowest BCUT2D eigenvalue weighted by atomic mass is 9.91. The van der Waals surface area contributed by atoms with Crippen molar-refractivity contribution in [2.24, 2.45) is 0 Å². The molecule has 3 heteroatoms. The molecular weight excluding hydrogens is 260 g/mol. The summed E-state index contributed by atoms with van der Waals surface area (Å²) in [6.45, 7) is 3.98. The van der Waals surface area contributed by atoms with Gasteiger partial charge in [-0.15, -0.1) is 11.6 Å². The summed E-state index contributed by atoms with van der Waals surface area (Å²) in [5.41, 5.74) is 1.76. The summed E-state index contributed by atoms with van der Waals surface area (Å²) in [7, 11) is 0. The van der Waals surface area contributed by atoms with E-state index in [4.69, 9.17) is 16.3 Å². The first-order valence-corrected chi connectivity index (χ1v) is 7.16. The van der Waals surface area contributed by atoms with E-state index < -0.39 is 0 Å². The van der Waals surface area contributed by atoms with E-state index in [9.17, 15) is 4.79 Å². The fourth-order valence-corrected chi connectivity index (χ4v) is 2.51. The molecule has 0 N–H and O–H groups in total. The number of benzene rings is 1. The summed E-state index contributed by atoms with van der Waals surface area (Å²) in [6.07, 6.45) is 4.59. The van der Waals surface area contributed by atoms with E-state index in [-0.39, 0.29) is 17.3 Å². The van der Waals surface area contributed by atoms with Crippen molar-refractivity contribution in [2.45, 2.75) is 44.6 Å². The van der Waals surface area contributed by atoms with Gasteiger partial charge >= 0.3 is 0 Å². The van der Waals surface area contributed by atoms with Gasteiger partial charge in [-0.25, -0.2) is 0 Å². The van der Waals surface area contributed by atoms with E-state index >= 15 is 0 Å². The molecule has 1 fully saturated rings. The smallest absolute Gasteiger partial charge is 0.176 e. The molecule has 0 saturated heterocycles. The third-order valence-corrected chi connectivity index (χ3v) is 3.53. The average Bonchev–Trinajstić information content (AvgIpc) is 2.36. The van der Waals surface area contributed by atoms with E-state index in [2.05, 4.69) is 0 Å². The van der Waals surface area contributed by atoms with Gasteiger partial charge in [-0.2, -0.15) is 0 Å². The predicted molar refractivity (Wildman–Crippen MR) is 78.7 cm³/mol. The highest BCUT2D eigenvalue weighted by Gasteiger charge is 2.24. The lowest BCUT2D eigenvalue weighted by Gasteiger charge is -2.18. The monoisotopic (exact) mass is 278 g/mol. The van der Waals surface area contributed by atoms with Gasteiger partial charge in [-0.1, -0.05) is 18.2 Å². The van der Waals surface area contributed by atoms with Gasteiger partial charge in [0, 0.05) is 5.56 Å². The first-order valence-electron chi connectivity index (χ1n) is 6.72. The Bertz CT molecular complexity index is 491. The summed E-state index contributed by atoms with van der Waals surface area (Å²) in [4.78, 5) is 12.0. The lowest BCUT2D eigenvalue weighted by Crippen LogP contribution is -2.21. The van der Waals surface area contributed by atoms with Gasteiger partial charge < -0.3 is 4.74 Å². The molecule has 19 heavy (non-hydrogen) atoms. The molecule has 2 nitrogen and oxygen atoms in total. The predicted octanol–water partition coefficient (Wildman–Crippen LogP) is 4.22. The second kappa shape index (κ2) is 6.25. The SMILES string of the molecule is CC(C)Oc1ccccc1C=C1CCCC(Cl)C1=O. The number of hydrogen-bond donors (Lipinski definition) is 0. The van der Waals surface area contributed by atoms with E-state index in [1.807, 2.05) is 44.2 Å². The number of halogens is 1. The van der Waals surface area contributed by atoms with E-state index in [1.165, 1.54) is 0 Å². The fraction of sp³-hybridized carbons (Fsp3) is 0.438. The van der Waals surface area contributed by atoms with Crippen molar-refractivity contribution in [3.63, 3.8) is 0 Å². The van der Waals surface area contributed by atoms with Crippen molar-refractivity contribution < 1.29 is 9.53 Å². The van der Waals surface area contributed by atoms with Crippen LogP contribution in [0.3, 0.4) is 0 Å². The van der Waals surface area contributed by atoms with Crippen LogP contribution in [0.1, 0.15) is 38.7 Å². The van der Waals surface area contributed by atoms with E-state index in [0.717, 1.165) is 36.1 Å². The van der Waals surface area contributed by atoms with Crippen LogP contribution in [0, 0.1) is 0 Å². The van der Waals surface area contributed by atoms with Crippen LogP contribution in [-0.4, -0.2) is 17.3 Å². The highest BCUT2D eigenvalue weighted by atomic mass is 35.5. The van der Waals surface area contributed by atoms with Gasteiger partial charge in [0.2, 0.25) is 0 Å². The van der Waals surface area contributed by atoms with Crippen molar-refractivity contribution in [3.8, 4) is 5.75 Å². The molecule has 1 aromatic rings. The fourth-order valence-electron chi connectivity index (χ4n) is 2.22. The van der Waals surface area contributed by atoms with Crippen LogP contribution in [0.4, 0.5) is 0 Å². The van der Waals surface area contributed by atoms with Crippen molar-refractivity contribution >= 4 is 23.5 Å². The number of para-hydroxylation sites is 1. The second-order valence-electron chi connectivity index (χ2n) is 5.10. The summed E-state index contributed by atoms with van der Waals surface area (Å²) in [6, 6.07) is 7.78. The second-order valence-corrected chi connectivity index (χ2v) is 5.62. The highest BCUT2D eigenvalue weighted by molar-refractivity contribution is 6.34. The van der Waals surface area contributed by atoms with Crippen LogP contribution in [0.25, 0.3) is 6.08 Å². The van der Waals surface area contributed by atoms with Crippen LogP contribution in [0.15, 0.2) is 29.8 Å². The Hall–Kier alpha value is -1.28. The van der Waals surface area contributed by atoms with Crippen LogP contribution in [0.5, 0.6) is 5.75 Å². The zero-order chi connectivity index (χ0) is 13.8. The number of carbonyl (C=O) groups is 1. The summed E-state index contributed by atoms with van der Waals surface area (Å²) < 4.78 is 5.76. The average molecular weight is 279 g/mol. The minimum absolute atomic E-state index is 0.0623. The summed E-state index contributed by atoms with van der Waals surface area (Å²) >= 11 is 6.03. The summed E-state index contributed by atoms with van der Waals surface area (Å²) in [5, 5.41) is -0.363. The van der Waals surface area contributed by atoms with Crippen molar-refractivity contribution in [1.82, 2.24) is 0 Å². The zero-order valence-electron chi connectivity index (χ0n) is 11.4. The van der Waals surface area contributed by atoms with Crippen LogP contribution >= 0.6 is 11.6 Å². The molecule has 0 aromatic heterocycles. The number of allylic oxidation sites excluding steroid dienone is 1. The van der Waals surface area contributed by atoms with Crippen molar-refractivity contribution in [2.75, 3.05) is 0 Å². The maximum absolute atomic E-state index is 12.0. The molecule has 102 valence electrons. The van der Waals surface area contributed by atoms with Gasteiger partial charge in [0.25, 0.3) is 0 Å². The maximum Gasteiger partial charge on any atom is 0.176 e. The molecule has 0 aliphatic heterocycles. The molecule has 0 radical (unpaired) electrons. The highest BCUT2D eigenvalue weighted by Crippen LogP contribution is 2.29. The van der Waals surface area contributed by atoms with Gasteiger partial charge in [0.1, 0.15) is 5.75 Å². The molecule has 1 saturated carbocycles. The van der Waals surface area contributed by atoms with Crippen molar-refractivity contribution in [1.29, 1.82) is 0 Å². The lowest BCUT2D eigenvalue weighted by molar-refractivity contribution is -0.116.